The molecule has 0 aliphatic rings. The number of aryl methyl sites for hydroxylation is 1. The molecule has 1 N–H and O–H groups in total. The summed E-state index contributed by atoms with van der Waals surface area (Å²) >= 11 is 0. The SMILES string of the molecule is Cc1c(C(=O)NC(C)(C)C)cnn1C. The molecule has 1 heterocycles. The molecule has 14 heavy (non-hydrogen) atoms. The first-order valence-corrected chi connectivity index (χ1v) is 4.62. The van der Waals surface area contributed by atoms with Gasteiger partial charge in [-0.25, -0.2) is 0 Å². The lowest BCUT2D eigenvalue weighted by atomic mass is 10.1. The van der Waals surface area contributed by atoms with Crippen molar-refractivity contribution in [3.8, 4) is 0 Å². The molecule has 0 aliphatic heterocycles. The highest BCUT2D eigenvalue weighted by Crippen LogP contribution is 2.08. The van der Waals surface area contributed by atoms with E-state index in [1.165, 1.54) is 0 Å². The average molecular weight is 195 g/mol. The maximum absolute atomic E-state index is 11.7. The van der Waals surface area contributed by atoms with E-state index in [0.717, 1.165) is 5.69 Å². The van der Waals surface area contributed by atoms with Crippen molar-refractivity contribution < 1.29 is 4.79 Å². The molecule has 1 aromatic rings. The second-order valence-electron chi connectivity index (χ2n) is 4.47. The van der Waals surface area contributed by atoms with Crippen molar-refractivity contribution in [2.45, 2.75) is 33.2 Å². The van der Waals surface area contributed by atoms with Gasteiger partial charge in [-0.2, -0.15) is 5.10 Å². The summed E-state index contributed by atoms with van der Waals surface area (Å²) in [6.45, 7) is 7.74. The van der Waals surface area contributed by atoms with Gasteiger partial charge in [-0.1, -0.05) is 0 Å². The Kier molecular flexibility index (Phi) is 2.64. The first kappa shape index (κ1) is 10.8. The lowest BCUT2D eigenvalue weighted by molar-refractivity contribution is 0.0919. The lowest BCUT2D eigenvalue weighted by Crippen LogP contribution is -2.40. The molecule has 0 bridgehead atoms. The Morgan fingerprint density at radius 1 is 1.50 bits per heavy atom. The molecule has 0 atom stereocenters. The van der Waals surface area contributed by atoms with Crippen LogP contribution in [0.15, 0.2) is 6.20 Å². The van der Waals surface area contributed by atoms with Crippen LogP contribution in [0, 0.1) is 6.92 Å². The molecule has 4 heteroatoms. The number of nitrogens with zero attached hydrogens (tertiary/aromatic N) is 2. The van der Waals surface area contributed by atoms with E-state index in [0.29, 0.717) is 5.56 Å². The maximum Gasteiger partial charge on any atom is 0.255 e. The summed E-state index contributed by atoms with van der Waals surface area (Å²) in [6.07, 6.45) is 1.59. The molecule has 4 nitrogen and oxygen atoms in total. The minimum absolute atomic E-state index is 0.0666. The van der Waals surface area contributed by atoms with Gasteiger partial charge in [0.1, 0.15) is 0 Å². The number of carbonyl (C=O) groups is 1. The smallest absolute Gasteiger partial charge is 0.255 e. The summed E-state index contributed by atoms with van der Waals surface area (Å²) in [7, 11) is 1.82. The zero-order chi connectivity index (χ0) is 10.9. The van der Waals surface area contributed by atoms with Crippen LogP contribution in [-0.4, -0.2) is 21.2 Å². The minimum Gasteiger partial charge on any atom is -0.347 e. The summed E-state index contributed by atoms with van der Waals surface area (Å²) in [4.78, 5) is 11.7. The molecule has 0 aromatic carbocycles. The average Bonchev–Trinajstić information content (AvgIpc) is 2.29. The second-order valence-corrected chi connectivity index (χ2v) is 4.47. The molecule has 0 fully saturated rings. The van der Waals surface area contributed by atoms with Crippen LogP contribution in [0.2, 0.25) is 0 Å². The molecule has 1 aromatic heterocycles. The zero-order valence-electron chi connectivity index (χ0n) is 9.38. The Morgan fingerprint density at radius 3 is 2.43 bits per heavy atom. The number of nitrogens with one attached hydrogen (secondary N) is 1. The molecule has 1 rings (SSSR count). The van der Waals surface area contributed by atoms with Crippen molar-refractivity contribution in [1.29, 1.82) is 0 Å². The van der Waals surface area contributed by atoms with Gasteiger partial charge in [0, 0.05) is 18.3 Å². The Morgan fingerprint density at radius 2 is 2.07 bits per heavy atom. The number of aromatic nitrogens is 2. The monoisotopic (exact) mass is 195 g/mol. The lowest BCUT2D eigenvalue weighted by Gasteiger charge is -2.20. The van der Waals surface area contributed by atoms with E-state index in [1.54, 1.807) is 10.9 Å². The van der Waals surface area contributed by atoms with Gasteiger partial charge in [-0.05, 0) is 27.7 Å². The Balaban J connectivity index is 2.86. The van der Waals surface area contributed by atoms with Crippen LogP contribution in [-0.2, 0) is 7.05 Å². The number of hydrogen-bond acceptors (Lipinski definition) is 2. The van der Waals surface area contributed by atoms with E-state index >= 15 is 0 Å². The third kappa shape index (κ3) is 2.34. The van der Waals surface area contributed by atoms with Gasteiger partial charge in [0.2, 0.25) is 0 Å². The maximum atomic E-state index is 11.7. The number of hydrogen-bond donors (Lipinski definition) is 1. The van der Waals surface area contributed by atoms with Crippen LogP contribution in [0.1, 0.15) is 36.8 Å². The summed E-state index contributed by atoms with van der Waals surface area (Å²) in [5, 5.41) is 6.92. The quantitative estimate of drug-likeness (QED) is 0.733. The molecule has 0 saturated carbocycles. The van der Waals surface area contributed by atoms with E-state index in [1.807, 2.05) is 34.7 Å². The van der Waals surface area contributed by atoms with Gasteiger partial charge >= 0.3 is 0 Å². The largest absolute Gasteiger partial charge is 0.347 e. The van der Waals surface area contributed by atoms with Gasteiger partial charge in [0.15, 0.2) is 0 Å². The molecular formula is C10H17N3O. The molecular weight excluding hydrogens is 178 g/mol. The highest BCUT2D eigenvalue weighted by molar-refractivity contribution is 5.95. The van der Waals surface area contributed by atoms with Crippen LogP contribution in [0.5, 0.6) is 0 Å². The van der Waals surface area contributed by atoms with Crippen LogP contribution in [0.4, 0.5) is 0 Å². The summed E-state index contributed by atoms with van der Waals surface area (Å²) < 4.78 is 1.69. The van der Waals surface area contributed by atoms with Gasteiger partial charge in [-0.15, -0.1) is 0 Å². The topological polar surface area (TPSA) is 46.9 Å². The molecule has 0 saturated heterocycles. The predicted octanol–water partition coefficient (Wildman–Crippen LogP) is 1.26. The predicted molar refractivity (Wildman–Crippen MR) is 55.2 cm³/mol. The van der Waals surface area contributed by atoms with E-state index in [2.05, 4.69) is 10.4 Å². The molecule has 0 unspecified atom stereocenters. The van der Waals surface area contributed by atoms with Crippen molar-refractivity contribution in [2.75, 3.05) is 0 Å². The fourth-order valence-corrected chi connectivity index (χ4v) is 1.13. The summed E-state index contributed by atoms with van der Waals surface area (Å²) in [5.74, 6) is -0.0666. The van der Waals surface area contributed by atoms with Crippen LogP contribution in [0.25, 0.3) is 0 Å². The van der Waals surface area contributed by atoms with Crippen molar-refractivity contribution in [2.24, 2.45) is 7.05 Å². The third-order valence-electron chi connectivity index (χ3n) is 1.97. The second kappa shape index (κ2) is 3.44. The zero-order valence-corrected chi connectivity index (χ0v) is 9.38. The molecule has 0 radical (unpaired) electrons. The van der Waals surface area contributed by atoms with E-state index in [4.69, 9.17) is 0 Å². The van der Waals surface area contributed by atoms with Crippen molar-refractivity contribution in [1.82, 2.24) is 15.1 Å². The highest BCUT2D eigenvalue weighted by atomic mass is 16.1. The van der Waals surface area contributed by atoms with E-state index in [-0.39, 0.29) is 11.4 Å². The Bertz CT molecular complexity index is 347. The molecule has 0 aliphatic carbocycles. The molecule has 78 valence electrons. The van der Waals surface area contributed by atoms with E-state index < -0.39 is 0 Å². The van der Waals surface area contributed by atoms with Crippen LogP contribution < -0.4 is 5.32 Å². The normalized spacial score (nSPS) is 11.5. The van der Waals surface area contributed by atoms with Crippen molar-refractivity contribution in [3.63, 3.8) is 0 Å². The van der Waals surface area contributed by atoms with E-state index in [9.17, 15) is 4.79 Å². The highest BCUT2D eigenvalue weighted by Gasteiger charge is 2.18. The molecule has 0 spiro atoms. The number of carbonyl (C=O) groups excluding carboxylic acids is 1. The third-order valence-corrected chi connectivity index (χ3v) is 1.97. The Hall–Kier alpha value is -1.32. The van der Waals surface area contributed by atoms with Gasteiger partial charge < -0.3 is 5.32 Å². The Labute approximate surface area is 84.3 Å². The van der Waals surface area contributed by atoms with Gasteiger partial charge in [0.25, 0.3) is 5.91 Å². The van der Waals surface area contributed by atoms with Crippen LogP contribution in [0.3, 0.4) is 0 Å². The van der Waals surface area contributed by atoms with Gasteiger partial charge in [-0.3, -0.25) is 9.48 Å². The minimum atomic E-state index is -0.209. The first-order valence-electron chi connectivity index (χ1n) is 4.62. The van der Waals surface area contributed by atoms with Crippen molar-refractivity contribution in [3.05, 3.63) is 17.5 Å². The van der Waals surface area contributed by atoms with Gasteiger partial charge in [0.05, 0.1) is 11.8 Å². The summed E-state index contributed by atoms with van der Waals surface area (Å²) in [6, 6.07) is 0. The first-order chi connectivity index (χ1) is 6.31. The fraction of sp³-hybridized carbons (Fsp3) is 0.600. The number of amides is 1. The summed E-state index contributed by atoms with van der Waals surface area (Å²) in [5.41, 5.74) is 1.31. The number of rotatable bonds is 1. The fourth-order valence-electron chi connectivity index (χ4n) is 1.13. The van der Waals surface area contributed by atoms with Crippen LogP contribution >= 0.6 is 0 Å². The standard InChI is InChI=1S/C10H17N3O/c1-7-8(6-11-13(7)5)9(14)12-10(2,3)4/h6H,1-5H3,(H,12,14). The molecule has 1 amide bonds. The van der Waals surface area contributed by atoms with Crippen molar-refractivity contribution >= 4 is 5.91 Å².